The fourth-order valence-electron chi connectivity index (χ4n) is 1.67. The third-order valence-corrected chi connectivity index (χ3v) is 2.65. The minimum Gasteiger partial charge on any atom is -0.398 e. The van der Waals surface area contributed by atoms with Gasteiger partial charge in [0, 0.05) is 31.5 Å². The monoisotopic (exact) mass is 241 g/mol. The SMILES string of the molecule is CN(C)C(=O)c1ccc(-c2ccccc2N)nc1. The Balaban J connectivity index is 2.34. The van der Waals surface area contributed by atoms with Crippen LogP contribution in [-0.2, 0) is 0 Å². The first-order chi connectivity index (χ1) is 8.59. The Kier molecular flexibility index (Phi) is 3.28. The first kappa shape index (κ1) is 12.1. The largest absolute Gasteiger partial charge is 0.398 e. The number of nitrogen functional groups attached to an aromatic ring is 1. The number of rotatable bonds is 2. The lowest BCUT2D eigenvalue weighted by atomic mass is 10.1. The molecule has 0 aliphatic carbocycles. The van der Waals surface area contributed by atoms with E-state index in [-0.39, 0.29) is 5.91 Å². The molecule has 4 nitrogen and oxygen atoms in total. The van der Waals surface area contributed by atoms with Crippen LogP contribution in [0.2, 0.25) is 0 Å². The van der Waals surface area contributed by atoms with Crippen LogP contribution >= 0.6 is 0 Å². The van der Waals surface area contributed by atoms with Crippen LogP contribution in [0, 0.1) is 0 Å². The molecule has 1 aromatic carbocycles. The quantitative estimate of drug-likeness (QED) is 0.818. The molecule has 2 aromatic rings. The number of benzene rings is 1. The lowest BCUT2D eigenvalue weighted by Crippen LogP contribution is -2.21. The molecule has 1 heterocycles. The summed E-state index contributed by atoms with van der Waals surface area (Å²) in [4.78, 5) is 17.5. The van der Waals surface area contributed by atoms with Gasteiger partial charge in [0.2, 0.25) is 0 Å². The molecule has 2 rings (SSSR count). The van der Waals surface area contributed by atoms with Gasteiger partial charge < -0.3 is 10.6 Å². The number of hydrogen-bond donors (Lipinski definition) is 1. The minimum atomic E-state index is -0.0601. The molecule has 0 atom stereocenters. The van der Waals surface area contributed by atoms with Gasteiger partial charge in [-0.1, -0.05) is 18.2 Å². The Bertz CT molecular complexity index is 562. The first-order valence-electron chi connectivity index (χ1n) is 5.62. The van der Waals surface area contributed by atoms with Crippen molar-refractivity contribution in [2.45, 2.75) is 0 Å². The zero-order chi connectivity index (χ0) is 13.1. The zero-order valence-corrected chi connectivity index (χ0v) is 10.4. The molecule has 0 fully saturated rings. The van der Waals surface area contributed by atoms with E-state index in [9.17, 15) is 4.79 Å². The smallest absolute Gasteiger partial charge is 0.254 e. The van der Waals surface area contributed by atoms with E-state index < -0.39 is 0 Å². The molecular weight excluding hydrogens is 226 g/mol. The van der Waals surface area contributed by atoms with Crippen LogP contribution in [0.5, 0.6) is 0 Å². The molecule has 0 bridgehead atoms. The summed E-state index contributed by atoms with van der Waals surface area (Å²) in [6.45, 7) is 0. The van der Waals surface area contributed by atoms with E-state index in [2.05, 4.69) is 4.98 Å². The van der Waals surface area contributed by atoms with Gasteiger partial charge in [0.15, 0.2) is 0 Å². The zero-order valence-electron chi connectivity index (χ0n) is 10.4. The normalized spacial score (nSPS) is 10.1. The van der Waals surface area contributed by atoms with Gasteiger partial charge in [-0.05, 0) is 18.2 Å². The van der Waals surface area contributed by atoms with Gasteiger partial charge in [0.1, 0.15) is 0 Å². The maximum atomic E-state index is 11.7. The van der Waals surface area contributed by atoms with E-state index in [4.69, 9.17) is 5.73 Å². The lowest BCUT2D eigenvalue weighted by Gasteiger charge is -2.10. The number of pyridine rings is 1. The minimum absolute atomic E-state index is 0.0601. The molecular formula is C14H15N3O. The van der Waals surface area contributed by atoms with Crippen molar-refractivity contribution in [3.05, 3.63) is 48.2 Å². The molecule has 2 N–H and O–H groups in total. The lowest BCUT2D eigenvalue weighted by molar-refractivity contribution is 0.0827. The second-order valence-corrected chi connectivity index (χ2v) is 4.22. The van der Waals surface area contributed by atoms with Crippen molar-refractivity contribution in [2.24, 2.45) is 0 Å². The van der Waals surface area contributed by atoms with Gasteiger partial charge in [-0.3, -0.25) is 9.78 Å². The summed E-state index contributed by atoms with van der Waals surface area (Å²) in [6.07, 6.45) is 1.57. The fraction of sp³-hybridized carbons (Fsp3) is 0.143. The van der Waals surface area contributed by atoms with Crippen molar-refractivity contribution >= 4 is 11.6 Å². The van der Waals surface area contributed by atoms with Gasteiger partial charge in [-0.15, -0.1) is 0 Å². The van der Waals surface area contributed by atoms with Crippen LogP contribution in [0.25, 0.3) is 11.3 Å². The Morgan fingerprint density at radius 2 is 1.89 bits per heavy atom. The van der Waals surface area contributed by atoms with E-state index in [0.717, 1.165) is 11.3 Å². The molecule has 92 valence electrons. The Morgan fingerprint density at radius 3 is 2.44 bits per heavy atom. The average molecular weight is 241 g/mol. The summed E-state index contributed by atoms with van der Waals surface area (Å²) in [7, 11) is 3.43. The number of anilines is 1. The summed E-state index contributed by atoms with van der Waals surface area (Å²) in [5.41, 5.74) is 8.77. The third kappa shape index (κ3) is 2.32. The number of aromatic nitrogens is 1. The van der Waals surface area contributed by atoms with E-state index in [1.165, 1.54) is 4.90 Å². The number of nitrogens with zero attached hydrogens (tertiary/aromatic N) is 2. The van der Waals surface area contributed by atoms with Crippen LogP contribution in [0.15, 0.2) is 42.6 Å². The van der Waals surface area contributed by atoms with Crippen LogP contribution in [0.4, 0.5) is 5.69 Å². The van der Waals surface area contributed by atoms with E-state index in [1.807, 2.05) is 30.3 Å². The fourth-order valence-corrected chi connectivity index (χ4v) is 1.67. The summed E-state index contributed by atoms with van der Waals surface area (Å²) in [6, 6.07) is 11.1. The number of para-hydroxylation sites is 1. The number of amides is 1. The highest BCUT2D eigenvalue weighted by Gasteiger charge is 2.09. The Labute approximate surface area is 106 Å². The summed E-state index contributed by atoms with van der Waals surface area (Å²) in [5.74, 6) is -0.0601. The van der Waals surface area contributed by atoms with E-state index in [1.54, 1.807) is 26.4 Å². The van der Waals surface area contributed by atoms with Gasteiger partial charge in [-0.25, -0.2) is 0 Å². The molecule has 0 spiro atoms. The second kappa shape index (κ2) is 4.87. The Morgan fingerprint density at radius 1 is 1.17 bits per heavy atom. The van der Waals surface area contributed by atoms with Crippen molar-refractivity contribution in [1.82, 2.24) is 9.88 Å². The molecule has 0 saturated carbocycles. The van der Waals surface area contributed by atoms with E-state index >= 15 is 0 Å². The maximum absolute atomic E-state index is 11.7. The second-order valence-electron chi connectivity index (χ2n) is 4.22. The summed E-state index contributed by atoms with van der Waals surface area (Å²) in [5, 5.41) is 0. The van der Waals surface area contributed by atoms with Crippen molar-refractivity contribution in [1.29, 1.82) is 0 Å². The number of nitrogens with two attached hydrogens (primary N) is 1. The first-order valence-corrected chi connectivity index (χ1v) is 5.62. The molecule has 1 amide bonds. The van der Waals surface area contributed by atoms with Crippen molar-refractivity contribution < 1.29 is 4.79 Å². The summed E-state index contributed by atoms with van der Waals surface area (Å²) >= 11 is 0. The van der Waals surface area contributed by atoms with Crippen LogP contribution in [0.1, 0.15) is 10.4 Å². The predicted molar refractivity (Wildman–Crippen MR) is 72.1 cm³/mol. The number of carbonyl (C=O) groups is 1. The molecule has 18 heavy (non-hydrogen) atoms. The van der Waals surface area contributed by atoms with Crippen molar-refractivity contribution in [3.8, 4) is 11.3 Å². The van der Waals surface area contributed by atoms with Gasteiger partial charge in [-0.2, -0.15) is 0 Å². The molecule has 0 radical (unpaired) electrons. The maximum Gasteiger partial charge on any atom is 0.254 e. The molecule has 0 aliphatic rings. The molecule has 1 aromatic heterocycles. The molecule has 4 heteroatoms. The van der Waals surface area contributed by atoms with E-state index in [0.29, 0.717) is 11.3 Å². The predicted octanol–water partition coefficient (Wildman–Crippen LogP) is 2.03. The van der Waals surface area contributed by atoms with Gasteiger partial charge in [0.25, 0.3) is 5.91 Å². The van der Waals surface area contributed by atoms with Crippen molar-refractivity contribution in [2.75, 3.05) is 19.8 Å². The highest BCUT2D eigenvalue weighted by Crippen LogP contribution is 2.23. The van der Waals surface area contributed by atoms with Crippen LogP contribution in [0.3, 0.4) is 0 Å². The highest BCUT2D eigenvalue weighted by atomic mass is 16.2. The molecule has 0 saturated heterocycles. The topological polar surface area (TPSA) is 59.2 Å². The van der Waals surface area contributed by atoms with Crippen molar-refractivity contribution in [3.63, 3.8) is 0 Å². The van der Waals surface area contributed by atoms with Gasteiger partial charge >= 0.3 is 0 Å². The van der Waals surface area contributed by atoms with Crippen LogP contribution in [-0.4, -0.2) is 29.9 Å². The third-order valence-electron chi connectivity index (χ3n) is 2.65. The average Bonchev–Trinajstić information content (AvgIpc) is 2.38. The Hall–Kier alpha value is -2.36. The number of hydrogen-bond acceptors (Lipinski definition) is 3. The molecule has 0 aliphatic heterocycles. The van der Waals surface area contributed by atoms with Crippen LogP contribution < -0.4 is 5.73 Å². The molecule has 0 unspecified atom stereocenters. The summed E-state index contributed by atoms with van der Waals surface area (Å²) < 4.78 is 0. The standard InChI is InChI=1S/C14H15N3O/c1-17(2)14(18)10-7-8-13(16-9-10)11-5-3-4-6-12(11)15/h3-9H,15H2,1-2H3. The highest BCUT2D eigenvalue weighted by molar-refractivity contribution is 5.93. The van der Waals surface area contributed by atoms with Gasteiger partial charge in [0.05, 0.1) is 11.3 Å². The number of carbonyl (C=O) groups excluding carboxylic acids is 1.